The average Bonchev–Trinajstić information content (AvgIpc) is 4.00. The number of H-pyrrole nitrogens is 1. The van der Waals surface area contributed by atoms with E-state index in [1.54, 1.807) is 17.3 Å². The van der Waals surface area contributed by atoms with Gasteiger partial charge in [0, 0.05) is 60.6 Å². The molecule has 292 valence electrons. The SMILES string of the molecule is COC(=O)C[C@H](C(=O)N1C[C@@H](C)C[C@H]1C1=NC=C(C#Cc2ccc(C#Cc3cnc([C@@H]4C[C@H](CO)CN4C(=O)[C@@H](NC(=O)OC)C(C)C)[nH]3)cc2)C1)C(C)C. The van der Waals surface area contributed by atoms with Crippen LogP contribution in [0.15, 0.2) is 47.2 Å². The number of nitrogens with one attached hydrogen (secondary N) is 2. The van der Waals surface area contributed by atoms with Gasteiger partial charge in [0.05, 0.1) is 44.8 Å². The first-order chi connectivity index (χ1) is 26.3. The summed E-state index contributed by atoms with van der Waals surface area (Å²) in [5.74, 6) is 12.2. The van der Waals surface area contributed by atoms with Crippen LogP contribution in [0.3, 0.4) is 0 Å². The van der Waals surface area contributed by atoms with Gasteiger partial charge in [-0.25, -0.2) is 9.78 Å². The van der Waals surface area contributed by atoms with Crippen LogP contribution in [0.4, 0.5) is 4.79 Å². The van der Waals surface area contributed by atoms with Crippen molar-refractivity contribution < 1.29 is 33.8 Å². The van der Waals surface area contributed by atoms with Gasteiger partial charge in [-0.2, -0.15) is 0 Å². The Balaban J connectivity index is 1.20. The Labute approximate surface area is 323 Å². The second-order valence-corrected chi connectivity index (χ2v) is 15.3. The summed E-state index contributed by atoms with van der Waals surface area (Å²) in [6, 6.07) is 6.28. The van der Waals surface area contributed by atoms with Crippen molar-refractivity contribution in [2.75, 3.05) is 33.9 Å². The third kappa shape index (κ3) is 10.0. The van der Waals surface area contributed by atoms with Crippen LogP contribution in [0.5, 0.6) is 0 Å². The minimum atomic E-state index is -0.789. The number of aliphatic hydroxyl groups excluding tert-OH is 1. The van der Waals surface area contributed by atoms with Crippen LogP contribution in [0.25, 0.3) is 0 Å². The summed E-state index contributed by atoms with van der Waals surface area (Å²) in [5.41, 5.74) is 3.99. The lowest BCUT2D eigenvalue weighted by Gasteiger charge is -2.30. The fraction of sp³-hybridized carbons (Fsp3) is 0.524. The van der Waals surface area contributed by atoms with Crippen molar-refractivity contribution in [2.45, 2.75) is 78.4 Å². The fourth-order valence-corrected chi connectivity index (χ4v) is 7.35. The number of methoxy groups -OCH3 is 2. The molecule has 13 nitrogen and oxygen atoms in total. The van der Waals surface area contributed by atoms with Crippen molar-refractivity contribution in [3.05, 3.63) is 64.9 Å². The number of rotatable bonds is 10. The molecule has 3 N–H and O–H groups in total. The Morgan fingerprint density at radius 1 is 0.909 bits per heavy atom. The fourth-order valence-electron chi connectivity index (χ4n) is 7.35. The lowest BCUT2D eigenvalue weighted by Crippen LogP contribution is -2.51. The number of aromatic amines is 1. The van der Waals surface area contributed by atoms with Gasteiger partial charge < -0.3 is 34.7 Å². The number of carbonyl (C=O) groups excluding carboxylic acids is 4. The van der Waals surface area contributed by atoms with Crippen LogP contribution < -0.4 is 5.32 Å². The normalized spacial score (nSPS) is 21.6. The first kappa shape index (κ1) is 40.8. The van der Waals surface area contributed by atoms with E-state index in [-0.39, 0.29) is 54.6 Å². The molecule has 0 spiro atoms. The number of esters is 1. The van der Waals surface area contributed by atoms with Gasteiger partial charge in [0.15, 0.2) is 0 Å². The Hall–Kier alpha value is -5.40. The van der Waals surface area contributed by atoms with Crippen LogP contribution >= 0.6 is 0 Å². The molecule has 0 bridgehead atoms. The van der Waals surface area contributed by atoms with E-state index in [9.17, 15) is 24.3 Å². The lowest BCUT2D eigenvalue weighted by atomic mass is 9.90. The molecule has 4 heterocycles. The van der Waals surface area contributed by atoms with Crippen molar-refractivity contribution in [1.29, 1.82) is 0 Å². The number of benzene rings is 1. The molecule has 5 rings (SSSR count). The van der Waals surface area contributed by atoms with Gasteiger partial charge in [0.1, 0.15) is 17.6 Å². The minimum absolute atomic E-state index is 0.000290. The predicted octanol–water partition coefficient (Wildman–Crippen LogP) is 4.22. The third-order valence-corrected chi connectivity index (χ3v) is 10.5. The number of amides is 3. The molecule has 0 unspecified atom stereocenters. The number of allylic oxidation sites excluding steroid dienone is 1. The highest BCUT2D eigenvalue weighted by Gasteiger charge is 2.42. The minimum Gasteiger partial charge on any atom is -0.469 e. The number of alkyl carbamates (subject to hydrolysis) is 1. The molecule has 0 saturated carbocycles. The topological polar surface area (TPSA) is 167 Å². The summed E-state index contributed by atoms with van der Waals surface area (Å²) in [4.78, 5) is 67.3. The van der Waals surface area contributed by atoms with Crippen molar-refractivity contribution in [1.82, 2.24) is 25.1 Å². The van der Waals surface area contributed by atoms with E-state index in [1.807, 2.05) is 56.9 Å². The van der Waals surface area contributed by atoms with E-state index in [1.165, 1.54) is 14.2 Å². The monoisotopic (exact) mass is 752 g/mol. The van der Waals surface area contributed by atoms with Gasteiger partial charge >= 0.3 is 12.1 Å². The zero-order chi connectivity index (χ0) is 39.8. The van der Waals surface area contributed by atoms with E-state index in [0.717, 1.165) is 28.8 Å². The summed E-state index contributed by atoms with van der Waals surface area (Å²) in [7, 11) is 2.60. The molecule has 2 aromatic rings. The van der Waals surface area contributed by atoms with Crippen molar-refractivity contribution in [3.63, 3.8) is 0 Å². The van der Waals surface area contributed by atoms with Crippen LogP contribution in [0, 0.1) is 53.3 Å². The summed E-state index contributed by atoms with van der Waals surface area (Å²) < 4.78 is 9.59. The molecule has 1 aromatic carbocycles. The number of hydrogen-bond donors (Lipinski definition) is 3. The largest absolute Gasteiger partial charge is 0.469 e. The Morgan fingerprint density at radius 3 is 2.20 bits per heavy atom. The van der Waals surface area contributed by atoms with Crippen molar-refractivity contribution in [3.8, 4) is 23.7 Å². The number of imidazole rings is 1. The molecule has 0 aliphatic carbocycles. The van der Waals surface area contributed by atoms with Crippen LogP contribution in [0.1, 0.15) is 89.0 Å². The summed E-state index contributed by atoms with van der Waals surface area (Å²) in [6.45, 7) is 10.6. The predicted molar refractivity (Wildman–Crippen MR) is 206 cm³/mol. The Bertz CT molecular complexity index is 1930. The maximum absolute atomic E-state index is 13.7. The number of aliphatic imine (C=N–C) groups is 1. The van der Waals surface area contributed by atoms with Crippen LogP contribution in [0.2, 0.25) is 0 Å². The molecular formula is C42H52N6O7. The first-order valence-corrected chi connectivity index (χ1v) is 18.9. The zero-order valence-electron chi connectivity index (χ0n) is 32.7. The average molecular weight is 753 g/mol. The summed E-state index contributed by atoms with van der Waals surface area (Å²) in [5, 5.41) is 12.5. The highest BCUT2D eigenvalue weighted by molar-refractivity contribution is 5.98. The molecule has 3 aliphatic heterocycles. The molecular weight excluding hydrogens is 700 g/mol. The van der Waals surface area contributed by atoms with Crippen LogP contribution in [-0.4, -0.2) is 100 Å². The highest BCUT2D eigenvalue weighted by Crippen LogP contribution is 2.35. The summed E-state index contributed by atoms with van der Waals surface area (Å²) in [6.07, 6.45) is 4.71. The number of ether oxygens (including phenoxy) is 2. The third-order valence-electron chi connectivity index (χ3n) is 10.5. The van der Waals surface area contributed by atoms with Gasteiger partial charge in [-0.15, -0.1) is 0 Å². The van der Waals surface area contributed by atoms with Crippen molar-refractivity contribution in [2.24, 2.45) is 34.6 Å². The number of hydrogen-bond acceptors (Lipinski definition) is 9. The van der Waals surface area contributed by atoms with Crippen LogP contribution in [-0.2, 0) is 23.9 Å². The molecule has 1 aromatic heterocycles. The van der Waals surface area contributed by atoms with Crippen molar-refractivity contribution >= 4 is 29.6 Å². The number of aliphatic hydroxyl groups is 1. The van der Waals surface area contributed by atoms with E-state index in [0.29, 0.717) is 43.4 Å². The number of aromatic nitrogens is 2. The molecule has 6 atom stereocenters. The molecule has 3 amide bonds. The Morgan fingerprint density at radius 2 is 1.58 bits per heavy atom. The van der Waals surface area contributed by atoms with E-state index < -0.39 is 24.1 Å². The molecule has 2 fully saturated rings. The quantitative estimate of drug-likeness (QED) is 0.240. The van der Waals surface area contributed by atoms with Gasteiger partial charge in [-0.05, 0) is 60.8 Å². The molecule has 13 heteroatoms. The standard InChI is InChI=1S/C42H52N6O7/c1-25(2)33(19-37(50)54-6)40(51)47-22-27(5)16-35(47)34-17-30(20-43-34)13-12-28-8-10-29(11-9-28)14-15-32-21-44-39(45-32)36-18-31(24-49)23-48(36)41(52)38(26(3)4)46-42(53)55-7/h8-11,20-21,25-27,31,33,35-36,38,49H,16-19,22-24H2,1-7H3,(H,44,45)(H,46,53)/t27-,31-,33-,35-,36-,38-/m0/s1. The maximum Gasteiger partial charge on any atom is 0.407 e. The smallest absolute Gasteiger partial charge is 0.407 e. The molecule has 0 radical (unpaired) electrons. The lowest BCUT2D eigenvalue weighted by molar-refractivity contribution is -0.148. The van der Waals surface area contributed by atoms with Gasteiger partial charge in [-0.1, -0.05) is 52.4 Å². The maximum atomic E-state index is 13.7. The molecule has 55 heavy (non-hydrogen) atoms. The second kappa shape index (κ2) is 18.3. The second-order valence-electron chi connectivity index (χ2n) is 15.3. The number of carbonyl (C=O) groups is 4. The van der Waals surface area contributed by atoms with E-state index in [2.05, 4.69) is 45.9 Å². The molecule has 3 aliphatic rings. The Kier molecular flexibility index (Phi) is 13.6. The van der Waals surface area contributed by atoms with Gasteiger partial charge in [-0.3, -0.25) is 19.4 Å². The zero-order valence-corrected chi connectivity index (χ0v) is 32.7. The number of likely N-dealkylation sites (tertiary alicyclic amines) is 2. The van der Waals surface area contributed by atoms with E-state index >= 15 is 0 Å². The number of nitrogens with zero attached hydrogens (tertiary/aromatic N) is 4. The first-order valence-electron chi connectivity index (χ1n) is 18.9. The van der Waals surface area contributed by atoms with Gasteiger partial charge in [0.25, 0.3) is 0 Å². The molecule has 2 saturated heterocycles. The van der Waals surface area contributed by atoms with E-state index in [4.69, 9.17) is 14.5 Å². The van der Waals surface area contributed by atoms with Gasteiger partial charge in [0.2, 0.25) is 11.8 Å². The summed E-state index contributed by atoms with van der Waals surface area (Å²) >= 11 is 0. The highest BCUT2D eigenvalue weighted by atomic mass is 16.5.